The molecule has 0 bridgehead atoms. The molecule has 1 aliphatic rings. The van der Waals surface area contributed by atoms with Gasteiger partial charge in [0.05, 0.1) is 0 Å². The number of nitrogens with zero attached hydrogens (tertiary/aromatic N) is 3. The Morgan fingerprint density at radius 2 is 1.50 bits per heavy atom. The number of ether oxygens (including phenoxy) is 1. The van der Waals surface area contributed by atoms with E-state index in [0.29, 0.717) is 0 Å². The van der Waals surface area contributed by atoms with Gasteiger partial charge < -0.3 is 15.8 Å². The van der Waals surface area contributed by atoms with Gasteiger partial charge >= 0.3 is 0 Å². The zero-order chi connectivity index (χ0) is 6.24. The maximum atomic E-state index is 6.75. The van der Waals surface area contributed by atoms with Crippen molar-refractivity contribution in [3.63, 3.8) is 0 Å². The number of rotatable bonds is 0. The Hall–Kier alpha value is -0.730. The Balaban J connectivity index is 0.000000145. The molecule has 0 radical (unpaired) electrons. The second kappa shape index (κ2) is 6.27. The number of hydrogen-bond donors (Lipinski definition) is 0. The summed E-state index contributed by atoms with van der Waals surface area (Å²) in [7, 11) is 0. The van der Waals surface area contributed by atoms with Crippen molar-refractivity contribution >= 4 is 0 Å². The van der Waals surface area contributed by atoms with E-state index < -0.39 is 0 Å². The van der Waals surface area contributed by atoms with Crippen molar-refractivity contribution in [2.45, 2.75) is 12.8 Å². The van der Waals surface area contributed by atoms with Crippen LogP contribution in [0, 0.1) is 0 Å². The first-order chi connectivity index (χ1) is 3.91. The van der Waals surface area contributed by atoms with E-state index in [9.17, 15) is 0 Å². The van der Waals surface area contributed by atoms with E-state index in [1.54, 1.807) is 0 Å². The maximum Gasteiger partial charge on any atom is 0.0466 e. The molecule has 1 fully saturated rings. The Bertz CT molecular complexity index is 65.7. The zero-order valence-electron chi connectivity index (χ0n) is 4.58. The molecule has 0 aromatic heterocycles. The Morgan fingerprint density at radius 3 is 1.62 bits per heavy atom. The van der Waals surface area contributed by atoms with Gasteiger partial charge in [0.2, 0.25) is 0 Å². The van der Waals surface area contributed by atoms with Crippen LogP contribution in [0.5, 0.6) is 0 Å². The van der Waals surface area contributed by atoms with Gasteiger partial charge in [-0.1, -0.05) is 0 Å². The van der Waals surface area contributed by atoms with Gasteiger partial charge in [0.25, 0.3) is 0 Å². The summed E-state index contributed by atoms with van der Waals surface area (Å²) in [4.78, 5) is 1.50. The van der Waals surface area contributed by atoms with Crippen LogP contribution in [0.2, 0.25) is 0 Å². The normalized spacial score (nSPS) is 16.0. The maximum absolute atomic E-state index is 6.75. The Morgan fingerprint density at radius 1 is 1.12 bits per heavy atom. The molecule has 0 atom stereocenters. The monoisotopic (exact) mass is 114 g/mol. The lowest BCUT2D eigenvalue weighted by atomic mass is 10.4. The zero-order valence-corrected chi connectivity index (χ0v) is 4.58. The molecule has 0 unspecified atom stereocenters. The van der Waals surface area contributed by atoms with E-state index in [4.69, 9.17) is 15.8 Å². The third kappa shape index (κ3) is 5.27. The second-order valence-corrected chi connectivity index (χ2v) is 1.41. The standard InChI is InChI=1S/C4H8O.N3/c1-2-4-5-3-1;1-3-2/h1-4H2;/q;-1. The molecule has 1 heterocycles. The van der Waals surface area contributed by atoms with Crippen LogP contribution < -0.4 is 0 Å². The number of hydrogen-bond acceptors (Lipinski definition) is 1. The van der Waals surface area contributed by atoms with E-state index in [1.807, 2.05) is 0 Å². The van der Waals surface area contributed by atoms with Crippen LogP contribution in [0.25, 0.3) is 16.0 Å². The average Bonchev–Trinajstić information content (AvgIpc) is 2.17. The molecule has 0 saturated carbocycles. The molecule has 0 aromatic rings. The van der Waals surface area contributed by atoms with Crippen LogP contribution in [0.15, 0.2) is 0 Å². The molecular weight excluding hydrogens is 106 g/mol. The first-order valence-electron chi connectivity index (χ1n) is 2.48. The summed E-state index contributed by atoms with van der Waals surface area (Å²) in [6.45, 7) is 2.00. The molecule has 46 valence electrons. The molecule has 1 rings (SSSR count). The van der Waals surface area contributed by atoms with Gasteiger partial charge in [0.1, 0.15) is 0 Å². The third-order valence-electron chi connectivity index (χ3n) is 0.827. The summed E-state index contributed by atoms with van der Waals surface area (Å²) in [6.07, 6.45) is 2.56. The predicted molar refractivity (Wildman–Crippen MR) is 30.1 cm³/mol. The molecule has 0 amide bonds. The van der Waals surface area contributed by atoms with Crippen LogP contribution in [0.3, 0.4) is 0 Å². The third-order valence-corrected chi connectivity index (χ3v) is 0.827. The van der Waals surface area contributed by atoms with Gasteiger partial charge in [-0.2, -0.15) is 0 Å². The first-order valence-corrected chi connectivity index (χ1v) is 2.48. The molecule has 0 N–H and O–H groups in total. The summed E-state index contributed by atoms with van der Waals surface area (Å²) in [5.41, 5.74) is 13.5. The summed E-state index contributed by atoms with van der Waals surface area (Å²) >= 11 is 0. The molecular formula is C4H8N3O-. The van der Waals surface area contributed by atoms with E-state index in [-0.39, 0.29) is 0 Å². The van der Waals surface area contributed by atoms with Crippen molar-refractivity contribution in [2.75, 3.05) is 13.2 Å². The highest BCUT2D eigenvalue weighted by Gasteiger charge is 1.94. The van der Waals surface area contributed by atoms with Gasteiger partial charge in [-0.15, -0.1) is 0 Å². The van der Waals surface area contributed by atoms with Crippen molar-refractivity contribution in [2.24, 2.45) is 0 Å². The highest BCUT2D eigenvalue weighted by atomic mass is 16.5. The van der Waals surface area contributed by atoms with E-state index >= 15 is 0 Å². The summed E-state index contributed by atoms with van der Waals surface area (Å²) in [6, 6.07) is 0. The van der Waals surface area contributed by atoms with E-state index in [2.05, 4.69) is 0 Å². The molecule has 1 saturated heterocycles. The van der Waals surface area contributed by atoms with Crippen molar-refractivity contribution < 1.29 is 4.74 Å². The van der Waals surface area contributed by atoms with Crippen LogP contribution in [0.1, 0.15) is 12.8 Å². The minimum atomic E-state index is 1.00. The summed E-state index contributed by atoms with van der Waals surface area (Å²) < 4.78 is 4.94. The van der Waals surface area contributed by atoms with Crippen molar-refractivity contribution in [3.05, 3.63) is 16.0 Å². The molecule has 1 aliphatic heterocycles. The lowest BCUT2D eigenvalue weighted by molar-refractivity contribution is 0.198. The SMILES string of the molecule is C1CCOC1.[N-]=[N+]=[N-]. The van der Waals surface area contributed by atoms with Crippen molar-refractivity contribution in [3.8, 4) is 0 Å². The minimum absolute atomic E-state index is 1.00. The highest BCUT2D eigenvalue weighted by Crippen LogP contribution is 1.98. The summed E-state index contributed by atoms with van der Waals surface area (Å²) in [5.74, 6) is 0. The predicted octanol–water partition coefficient (Wildman–Crippen LogP) is 1.66. The molecule has 4 heteroatoms. The minimum Gasteiger partial charge on any atom is -0.381 e. The Labute approximate surface area is 47.9 Å². The van der Waals surface area contributed by atoms with E-state index in [1.165, 1.54) is 17.8 Å². The fraction of sp³-hybridized carbons (Fsp3) is 1.00. The topological polar surface area (TPSA) is 67.9 Å². The fourth-order valence-electron chi connectivity index (χ4n) is 0.510. The molecule has 0 aromatic carbocycles. The van der Waals surface area contributed by atoms with Crippen LogP contribution in [-0.2, 0) is 4.74 Å². The molecule has 4 nitrogen and oxygen atoms in total. The highest BCUT2D eigenvalue weighted by molar-refractivity contribution is 4.43. The van der Waals surface area contributed by atoms with Crippen molar-refractivity contribution in [1.82, 2.24) is 0 Å². The fourth-order valence-corrected chi connectivity index (χ4v) is 0.510. The molecule has 8 heavy (non-hydrogen) atoms. The second-order valence-electron chi connectivity index (χ2n) is 1.41. The van der Waals surface area contributed by atoms with E-state index in [0.717, 1.165) is 13.2 Å². The van der Waals surface area contributed by atoms with Gasteiger partial charge in [-0.05, 0) is 12.8 Å². The van der Waals surface area contributed by atoms with Crippen LogP contribution >= 0.6 is 0 Å². The van der Waals surface area contributed by atoms with Gasteiger partial charge in [0.15, 0.2) is 0 Å². The quantitative estimate of drug-likeness (QED) is 0.268. The smallest absolute Gasteiger partial charge is 0.0466 e. The van der Waals surface area contributed by atoms with Gasteiger partial charge in [-0.3, -0.25) is 4.91 Å². The Kier molecular flexibility index (Phi) is 5.70. The van der Waals surface area contributed by atoms with Gasteiger partial charge in [-0.25, -0.2) is 0 Å². The van der Waals surface area contributed by atoms with Crippen LogP contribution in [0.4, 0.5) is 0 Å². The van der Waals surface area contributed by atoms with Gasteiger partial charge in [0, 0.05) is 13.2 Å². The van der Waals surface area contributed by atoms with Crippen molar-refractivity contribution in [1.29, 1.82) is 0 Å². The molecule has 0 spiro atoms. The summed E-state index contributed by atoms with van der Waals surface area (Å²) in [5, 5.41) is 0. The molecule has 0 aliphatic carbocycles. The first kappa shape index (κ1) is 7.27. The average molecular weight is 114 g/mol. The largest absolute Gasteiger partial charge is 0.381 e. The van der Waals surface area contributed by atoms with Crippen LogP contribution in [-0.4, -0.2) is 13.2 Å². The lowest BCUT2D eigenvalue weighted by Gasteiger charge is -1.76. The lowest BCUT2D eigenvalue weighted by Crippen LogP contribution is -1.74.